The molecule has 0 atom stereocenters. The summed E-state index contributed by atoms with van der Waals surface area (Å²) in [5.74, 6) is 0.506. The zero-order valence-corrected chi connectivity index (χ0v) is 15.3. The number of aromatic amines is 1. The molecular weight excluding hydrogens is 360 g/mol. The van der Waals surface area contributed by atoms with Crippen molar-refractivity contribution in [1.29, 1.82) is 0 Å². The number of benzene rings is 1. The van der Waals surface area contributed by atoms with Gasteiger partial charge in [0.05, 0.1) is 5.56 Å². The molecule has 4 aromatic rings. The van der Waals surface area contributed by atoms with Crippen molar-refractivity contribution in [3.63, 3.8) is 0 Å². The summed E-state index contributed by atoms with van der Waals surface area (Å²) in [5, 5.41) is 15.2. The number of hydrogen-bond donors (Lipinski definition) is 3. The smallest absolute Gasteiger partial charge is 0.259 e. The number of nitrogens with one attached hydrogen (secondary N) is 3. The first-order valence-electron chi connectivity index (χ1n) is 8.62. The minimum absolute atomic E-state index is 0.245. The van der Waals surface area contributed by atoms with Gasteiger partial charge < -0.3 is 10.3 Å². The summed E-state index contributed by atoms with van der Waals surface area (Å²) in [4.78, 5) is 19.7. The minimum Gasteiger partial charge on any atom is -0.370 e. The molecule has 0 saturated heterocycles. The molecule has 3 N–H and O–H groups in total. The fourth-order valence-corrected chi connectivity index (χ4v) is 3.30. The van der Waals surface area contributed by atoms with Gasteiger partial charge in [-0.25, -0.2) is 4.98 Å². The number of fused-ring (bicyclic) bond motifs is 1. The molecule has 27 heavy (non-hydrogen) atoms. The van der Waals surface area contributed by atoms with Crippen LogP contribution in [0.1, 0.15) is 22.3 Å². The Morgan fingerprint density at radius 1 is 1.19 bits per heavy atom. The van der Waals surface area contributed by atoms with E-state index in [9.17, 15) is 4.79 Å². The summed E-state index contributed by atoms with van der Waals surface area (Å²) in [6, 6.07) is 11.9. The molecule has 0 fully saturated rings. The lowest BCUT2D eigenvalue weighted by molar-refractivity contribution is 0.102. The third kappa shape index (κ3) is 4.12. The van der Waals surface area contributed by atoms with Gasteiger partial charge in [-0.3, -0.25) is 10.1 Å². The standard InChI is InChI=1S/C19H18N6OS/c26-18(24-19-25-23-12-27-19)14-7-8-17(22-11-14)20-9-3-4-13-10-21-16-6-2-1-5-15(13)16/h1-2,5-8,10-12,21H,3-4,9H2,(H,20,22)(H,24,25,26). The summed E-state index contributed by atoms with van der Waals surface area (Å²) >= 11 is 1.27. The van der Waals surface area contributed by atoms with Crippen molar-refractivity contribution in [3.05, 3.63) is 65.4 Å². The molecule has 0 aliphatic carbocycles. The third-order valence-corrected chi connectivity index (χ3v) is 4.82. The van der Waals surface area contributed by atoms with Crippen LogP contribution in [0.15, 0.2) is 54.3 Å². The van der Waals surface area contributed by atoms with E-state index in [4.69, 9.17) is 0 Å². The second-order valence-electron chi connectivity index (χ2n) is 6.02. The van der Waals surface area contributed by atoms with Crippen LogP contribution in [0.2, 0.25) is 0 Å². The Labute approximate surface area is 159 Å². The van der Waals surface area contributed by atoms with Crippen LogP contribution in [-0.4, -0.2) is 32.6 Å². The van der Waals surface area contributed by atoms with E-state index in [1.165, 1.54) is 27.8 Å². The molecule has 0 aliphatic rings. The van der Waals surface area contributed by atoms with E-state index in [1.54, 1.807) is 23.8 Å². The highest BCUT2D eigenvalue weighted by Crippen LogP contribution is 2.19. The average Bonchev–Trinajstić information content (AvgIpc) is 3.36. The molecule has 0 saturated carbocycles. The van der Waals surface area contributed by atoms with E-state index in [-0.39, 0.29) is 5.91 Å². The van der Waals surface area contributed by atoms with Crippen LogP contribution in [0.4, 0.5) is 10.9 Å². The molecular formula is C19H18N6OS. The number of rotatable bonds is 7. The van der Waals surface area contributed by atoms with Crippen LogP contribution in [0.3, 0.4) is 0 Å². The van der Waals surface area contributed by atoms with Crippen LogP contribution in [0.25, 0.3) is 10.9 Å². The molecule has 0 bridgehead atoms. The zero-order valence-electron chi connectivity index (χ0n) is 14.5. The Kier molecular flexibility index (Phi) is 5.06. The number of pyridine rings is 1. The number of carbonyl (C=O) groups is 1. The number of aryl methyl sites for hydroxylation is 1. The second kappa shape index (κ2) is 7.96. The molecule has 7 nitrogen and oxygen atoms in total. The van der Waals surface area contributed by atoms with Gasteiger partial charge in [0.25, 0.3) is 5.91 Å². The first kappa shape index (κ1) is 17.2. The van der Waals surface area contributed by atoms with Crippen LogP contribution in [-0.2, 0) is 6.42 Å². The maximum atomic E-state index is 12.1. The zero-order chi connectivity index (χ0) is 18.5. The first-order valence-corrected chi connectivity index (χ1v) is 9.50. The predicted octanol–water partition coefficient (Wildman–Crippen LogP) is 3.71. The van der Waals surface area contributed by atoms with Gasteiger partial charge in [0.15, 0.2) is 0 Å². The van der Waals surface area contributed by atoms with Crippen LogP contribution < -0.4 is 10.6 Å². The molecule has 1 aromatic carbocycles. The van der Waals surface area contributed by atoms with Crippen molar-refractivity contribution < 1.29 is 4.79 Å². The summed E-state index contributed by atoms with van der Waals surface area (Å²) in [6.07, 6.45) is 5.61. The molecule has 3 aromatic heterocycles. The van der Waals surface area contributed by atoms with Gasteiger partial charge in [0, 0.05) is 29.8 Å². The molecule has 136 valence electrons. The van der Waals surface area contributed by atoms with E-state index in [2.05, 4.69) is 55.2 Å². The third-order valence-electron chi connectivity index (χ3n) is 4.21. The average molecular weight is 378 g/mol. The van der Waals surface area contributed by atoms with E-state index in [0.717, 1.165) is 25.2 Å². The van der Waals surface area contributed by atoms with Gasteiger partial charge in [-0.05, 0) is 36.6 Å². The minimum atomic E-state index is -0.245. The summed E-state index contributed by atoms with van der Waals surface area (Å²) in [6.45, 7) is 0.808. The van der Waals surface area contributed by atoms with Crippen molar-refractivity contribution in [1.82, 2.24) is 20.2 Å². The SMILES string of the molecule is O=C(Nc1nncs1)c1ccc(NCCCc2c[nH]c3ccccc23)nc1. The van der Waals surface area contributed by atoms with Crippen molar-refractivity contribution in [2.24, 2.45) is 0 Å². The maximum Gasteiger partial charge on any atom is 0.259 e. The van der Waals surface area contributed by atoms with Gasteiger partial charge in [-0.2, -0.15) is 0 Å². The Hall–Kier alpha value is -3.26. The van der Waals surface area contributed by atoms with Crippen molar-refractivity contribution >= 4 is 39.1 Å². The molecule has 8 heteroatoms. The van der Waals surface area contributed by atoms with E-state index in [0.29, 0.717) is 10.7 Å². The monoisotopic (exact) mass is 378 g/mol. The summed E-state index contributed by atoms with van der Waals surface area (Å²) in [7, 11) is 0. The maximum absolute atomic E-state index is 12.1. The van der Waals surface area contributed by atoms with Crippen LogP contribution in [0.5, 0.6) is 0 Å². The Bertz CT molecular complexity index is 1030. The highest BCUT2D eigenvalue weighted by Gasteiger charge is 2.08. The van der Waals surface area contributed by atoms with E-state index < -0.39 is 0 Å². The largest absolute Gasteiger partial charge is 0.370 e. The highest BCUT2D eigenvalue weighted by molar-refractivity contribution is 7.13. The van der Waals surface area contributed by atoms with E-state index in [1.807, 2.05) is 6.07 Å². The number of anilines is 2. The number of hydrogen-bond acceptors (Lipinski definition) is 6. The fraction of sp³-hybridized carbons (Fsp3) is 0.158. The molecule has 0 unspecified atom stereocenters. The van der Waals surface area contributed by atoms with Crippen molar-refractivity contribution in [2.45, 2.75) is 12.8 Å². The van der Waals surface area contributed by atoms with Gasteiger partial charge in [-0.1, -0.05) is 29.5 Å². The number of amides is 1. The molecule has 3 heterocycles. The van der Waals surface area contributed by atoms with E-state index >= 15 is 0 Å². The number of carbonyl (C=O) groups excluding carboxylic acids is 1. The summed E-state index contributed by atoms with van der Waals surface area (Å²) in [5.41, 5.74) is 4.54. The first-order chi connectivity index (χ1) is 13.3. The lowest BCUT2D eigenvalue weighted by Crippen LogP contribution is -2.12. The number of nitrogens with zero attached hydrogens (tertiary/aromatic N) is 3. The van der Waals surface area contributed by atoms with Crippen molar-refractivity contribution in [2.75, 3.05) is 17.2 Å². The molecule has 0 aliphatic heterocycles. The van der Waals surface area contributed by atoms with Crippen LogP contribution >= 0.6 is 11.3 Å². The van der Waals surface area contributed by atoms with Gasteiger partial charge >= 0.3 is 0 Å². The molecule has 4 rings (SSSR count). The Morgan fingerprint density at radius 3 is 2.93 bits per heavy atom. The number of H-pyrrole nitrogens is 1. The topological polar surface area (TPSA) is 95.6 Å². The highest BCUT2D eigenvalue weighted by atomic mass is 32.1. The molecule has 0 radical (unpaired) electrons. The lowest BCUT2D eigenvalue weighted by Gasteiger charge is -2.06. The molecule has 1 amide bonds. The Balaban J connectivity index is 1.27. The van der Waals surface area contributed by atoms with Gasteiger partial charge in [0.1, 0.15) is 11.3 Å². The predicted molar refractivity (Wildman–Crippen MR) is 107 cm³/mol. The second-order valence-corrected chi connectivity index (χ2v) is 6.85. The van der Waals surface area contributed by atoms with Crippen LogP contribution in [0, 0.1) is 0 Å². The number of aromatic nitrogens is 4. The van der Waals surface area contributed by atoms with Crippen molar-refractivity contribution in [3.8, 4) is 0 Å². The summed E-state index contributed by atoms with van der Waals surface area (Å²) < 4.78 is 0. The Morgan fingerprint density at radius 2 is 2.11 bits per heavy atom. The fourth-order valence-electron chi connectivity index (χ4n) is 2.86. The van der Waals surface area contributed by atoms with Gasteiger partial charge in [-0.15, -0.1) is 10.2 Å². The normalized spacial score (nSPS) is 10.8. The number of para-hydroxylation sites is 1. The lowest BCUT2D eigenvalue weighted by atomic mass is 10.1. The molecule has 0 spiro atoms. The van der Waals surface area contributed by atoms with Gasteiger partial charge in [0.2, 0.25) is 5.13 Å². The quantitative estimate of drug-likeness (QED) is 0.426.